The molecule has 44 heavy (non-hydrogen) atoms. The molecule has 4 aromatic rings. The molecule has 0 aliphatic carbocycles. The summed E-state index contributed by atoms with van der Waals surface area (Å²) < 4.78 is 90.1. The highest BCUT2D eigenvalue weighted by molar-refractivity contribution is 7.90. The number of carboxylic acid groups (broad SMARTS) is 1. The van der Waals surface area contributed by atoms with Gasteiger partial charge in [-0.2, -0.15) is 17.9 Å². The number of halogens is 3. The van der Waals surface area contributed by atoms with E-state index < -0.39 is 53.7 Å². The Hall–Kier alpha value is -4.64. The van der Waals surface area contributed by atoms with E-state index in [-0.39, 0.29) is 23.4 Å². The van der Waals surface area contributed by atoms with Crippen LogP contribution in [0.3, 0.4) is 0 Å². The van der Waals surface area contributed by atoms with E-state index in [4.69, 9.17) is 15.1 Å². The van der Waals surface area contributed by atoms with Crippen LogP contribution in [-0.4, -0.2) is 34.1 Å². The molecule has 1 aliphatic rings. The molecule has 0 aromatic heterocycles. The maximum Gasteiger partial charge on any atom is 0.417 e. The van der Waals surface area contributed by atoms with Crippen LogP contribution in [0.2, 0.25) is 0 Å². The highest BCUT2D eigenvalue weighted by atomic mass is 32.2. The minimum absolute atomic E-state index is 0.121. The normalized spacial score (nSPS) is 15.5. The Morgan fingerprint density at radius 1 is 0.955 bits per heavy atom. The van der Waals surface area contributed by atoms with E-state index in [1.807, 2.05) is 30.3 Å². The lowest BCUT2D eigenvalue weighted by Crippen LogP contribution is -2.46. The van der Waals surface area contributed by atoms with E-state index in [9.17, 15) is 34.8 Å². The Labute approximate surface area is 250 Å². The minimum atomic E-state index is -5.04. The number of benzene rings is 4. The van der Waals surface area contributed by atoms with Crippen LogP contribution in [0.5, 0.6) is 5.75 Å². The smallest absolute Gasteiger partial charge is 0.417 e. The summed E-state index contributed by atoms with van der Waals surface area (Å²) in [5.74, 6) is -0.737. The van der Waals surface area contributed by atoms with E-state index in [1.54, 1.807) is 48.5 Å². The molecule has 0 amide bonds. The van der Waals surface area contributed by atoms with Gasteiger partial charge in [0.1, 0.15) is 10.5 Å². The van der Waals surface area contributed by atoms with Crippen LogP contribution >= 0.6 is 0 Å². The van der Waals surface area contributed by atoms with Crippen molar-refractivity contribution in [1.29, 1.82) is 0 Å². The second kappa shape index (κ2) is 12.9. The summed E-state index contributed by atoms with van der Waals surface area (Å²) in [4.78, 5) is 14.3. The molecule has 1 unspecified atom stereocenters. The fourth-order valence-electron chi connectivity index (χ4n) is 4.12. The van der Waals surface area contributed by atoms with Gasteiger partial charge in [0.2, 0.25) is 20.0 Å². The molecule has 1 heterocycles. The zero-order valence-electron chi connectivity index (χ0n) is 22.4. The molecule has 16 heteroatoms. The number of para-hydroxylation sites is 2. The van der Waals surface area contributed by atoms with Crippen molar-refractivity contribution in [3.8, 4) is 5.75 Å². The summed E-state index contributed by atoms with van der Waals surface area (Å²) in [5, 5.41) is 16.5. The molecule has 0 spiro atoms. The van der Waals surface area contributed by atoms with Crippen molar-refractivity contribution < 1.29 is 44.7 Å². The highest BCUT2D eigenvalue weighted by Gasteiger charge is 2.40. The number of rotatable bonds is 7. The van der Waals surface area contributed by atoms with Gasteiger partial charge in [0.15, 0.2) is 5.75 Å². The highest BCUT2D eigenvalue weighted by Crippen LogP contribution is 2.39. The first kappa shape index (κ1) is 32.3. The van der Waals surface area contributed by atoms with Crippen LogP contribution in [-0.2, 0) is 32.6 Å². The Morgan fingerprint density at radius 2 is 1.55 bits per heavy atom. The fourth-order valence-corrected chi connectivity index (χ4v) is 6.28. The average Bonchev–Trinajstić information content (AvgIpc) is 2.96. The summed E-state index contributed by atoms with van der Waals surface area (Å²) in [6, 6.07) is 25.3. The molecule has 232 valence electrons. The number of nitrogens with two attached hydrogens (primary N) is 1. The molecule has 6 N–H and O–H groups in total. The number of primary sulfonamides is 1. The van der Waals surface area contributed by atoms with Crippen molar-refractivity contribution in [1.82, 2.24) is 4.72 Å². The van der Waals surface area contributed by atoms with E-state index in [0.29, 0.717) is 12.1 Å². The van der Waals surface area contributed by atoms with Crippen molar-refractivity contribution in [3.05, 3.63) is 114 Å². The van der Waals surface area contributed by atoms with Gasteiger partial charge in [0.05, 0.1) is 28.0 Å². The molecule has 0 saturated carbocycles. The van der Waals surface area contributed by atoms with Gasteiger partial charge in [-0.3, -0.25) is 0 Å². The minimum Gasteiger partial charge on any atom is -0.478 e. The van der Waals surface area contributed by atoms with Gasteiger partial charge in [-0.05, 0) is 42.0 Å². The summed E-state index contributed by atoms with van der Waals surface area (Å²) in [5.41, 5.74) is 2.43. The van der Waals surface area contributed by atoms with Crippen LogP contribution in [0.1, 0.15) is 21.5 Å². The molecule has 5 rings (SSSR count). The molecule has 0 radical (unpaired) electrons. The Bertz CT molecular complexity index is 1860. The van der Waals surface area contributed by atoms with Gasteiger partial charge < -0.3 is 15.3 Å². The van der Waals surface area contributed by atoms with Crippen LogP contribution in [0.4, 0.5) is 24.5 Å². The van der Waals surface area contributed by atoms with Gasteiger partial charge in [-0.25, -0.2) is 32.2 Å². The number of hydrogen-bond acceptors (Lipinski definition) is 8. The van der Waals surface area contributed by atoms with E-state index in [2.05, 4.69) is 15.5 Å². The Balaban J connectivity index is 0.000000223. The zero-order chi connectivity index (χ0) is 32.1. The number of fused-ring (bicyclic) bond motifs is 1. The van der Waals surface area contributed by atoms with Gasteiger partial charge in [-0.1, -0.05) is 60.7 Å². The molecule has 0 saturated heterocycles. The maximum absolute atomic E-state index is 13.3. The first-order chi connectivity index (χ1) is 20.6. The Morgan fingerprint density at radius 3 is 2.14 bits per heavy atom. The number of alkyl halides is 3. The second-order valence-corrected chi connectivity index (χ2v) is 12.5. The molecule has 1 atom stereocenters. The lowest BCUT2D eigenvalue weighted by Gasteiger charge is -2.29. The van der Waals surface area contributed by atoms with Gasteiger partial charge >= 0.3 is 12.1 Å². The standard InChI is InChI=1S/C15H14F3N3O4S2.C13H11NO3/c16-15(17,18)10-7-11-13(8-12(10)26(19,22)23)27(24,25)21-14(20-11)6-9-4-2-1-3-5-9;15-13(16)11-8-4-5-9-12(11)17-14-10-6-2-1-3-7-10/h1-5,7-8,14,20-21H,6H2,(H2,19,22,23);1-9,14H,(H,15,16). The lowest BCUT2D eigenvalue weighted by molar-refractivity contribution is -0.139. The molecule has 0 bridgehead atoms. The van der Waals surface area contributed by atoms with Crippen molar-refractivity contribution in [3.63, 3.8) is 0 Å². The topological polar surface area (TPSA) is 177 Å². The van der Waals surface area contributed by atoms with E-state index >= 15 is 0 Å². The third-order valence-corrected chi connectivity index (χ3v) is 8.53. The van der Waals surface area contributed by atoms with Crippen molar-refractivity contribution in [2.24, 2.45) is 5.14 Å². The fraction of sp³-hybridized carbons (Fsp3) is 0.107. The van der Waals surface area contributed by atoms with Crippen LogP contribution in [0.15, 0.2) is 107 Å². The number of carbonyl (C=O) groups is 1. The average molecular weight is 651 g/mol. The monoisotopic (exact) mass is 650 g/mol. The van der Waals surface area contributed by atoms with Crippen LogP contribution in [0, 0.1) is 0 Å². The summed E-state index contributed by atoms with van der Waals surface area (Å²) in [6.45, 7) is 0. The molecular formula is C28H25F3N4O7S2. The number of carboxylic acids is 1. The number of anilines is 2. The van der Waals surface area contributed by atoms with Crippen molar-refractivity contribution >= 4 is 37.4 Å². The quantitative estimate of drug-likeness (QED) is 0.181. The third kappa shape index (κ3) is 8.04. The largest absolute Gasteiger partial charge is 0.478 e. The van der Waals surface area contributed by atoms with Crippen molar-refractivity contribution in [2.75, 3.05) is 10.8 Å². The van der Waals surface area contributed by atoms with E-state index in [0.717, 1.165) is 11.3 Å². The van der Waals surface area contributed by atoms with E-state index in [1.165, 1.54) is 6.07 Å². The van der Waals surface area contributed by atoms with Crippen LogP contribution < -0.4 is 25.5 Å². The second-order valence-electron chi connectivity index (χ2n) is 9.27. The van der Waals surface area contributed by atoms with Gasteiger partial charge in [0.25, 0.3) is 0 Å². The third-order valence-electron chi connectivity index (χ3n) is 6.06. The number of sulfonamides is 2. The van der Waals surface area contributed by atoms with Crippen LogP contribution in [0.25, 0.3) is 0 Å². The molecule has 4 aromatic carbocycles. The molecular weight excluding hydrogens is 625 g/mol. The van der Waals surface area contributed by atoms with Crippen molar-refractivity contribution in [2.45, 2.75) is 28.6 Å². The Kier molecular flexibility index (Phi) is 9.48. The predicted octanol–water partition coefficient (Wildman–Crippen LogP) is 4.42. The maximum atomic E-state index is 13.3. The lowest BCUT2D eigenvalue weighted by atomic mass is 10.1. The summed E-state index contributed by atoms with van der Waals surface area (Å²) >= 11 is 0. The molecule has 0 fully saturated rings. The summed E-state index contributed by atoms with van der Waals surface area (Å²) in [6.07, 6.45) is -5.79. The number of nitrogens with one attached hydrogen (secondary N) is 3. The first-order valence-electron chi connectivity index (χ1n) is 12.6. The van der Waals surface area contributed by atoms with Gasteiger partial charge in [-0.15, -0.1) is 0 Å². The zero-order valence-corrected chi connectivity index (χ0v) is 24.1. The SMILES string of the molecule is NS(=O)(=O)c1cc2c(cc1C(F)(F)F)NC(Cc1ccccc1)NS2(=O)=O.O=C(O)c1ccccc1ONc1ccccc1. The summed E-state index contributed by atoms with van der Waals surface area (Å²) in [7, 11) is -9.06. The predicted molar refractivity (Wildman–Crippen MR) is 155 cm³/mol. The van der Waals surface area contributed by atoms with Gasteiger partial charge in [0, 0.05) is 6.42 Å². The molecule has 1 aliphatic heterocycles. The number of hydrogen-bond donors (Lipinski definition) is 5. The number of aromatic carboxylic acids is 1. The first-order valence-corrected chi connectivity index (χ1v) is 15.6. The molecule has 11 nitrogen and oxygen atoms in total.